The summed E-state index contributed by atoms with van der Waals surface area (Å²) < 4.78 is 7.70. The molecule has 1 aromatic heterocycles. The number of thioether (sulfide) groups is 1. The summed E-state index contributed by atoms with van der Waals surface area (Å²) >= 11 is 13.4. The molecule has 0 bridgehead atoms. The molecule has 1 N–H and O–H groups in total. The van der Waals surface area contributed by atoms with Gasteiger partial charge in [-0.3, -0.25) is 4.79 Å². The van der Waals surface area contributed by atoms with Crippen LogP contribution in [0.4, 0.5) is 5.69 Å². The van der Waals surface area contributed by atoms with Gasteiger partial charge in [-0.05, 0) is 43.7 Å². The Bertz CT molecular complexity index is 1070. The van der Waals surface area contributed by atoms with Gasteiger partial charge in [0.25, 0.3) is 0 Å². The van der Waals surface area contributed by atoms with E-state index in [9.17, 15) is 4.79 Å². The van der Waals surface area contributed by atoms with E-state index in [2.05, 4.69) is 22.1 Å². The van der Waals surface area contributed by atoms with Gasteiger partial charge in [-0.2, -0.15) is 0 Å². The number of halogens is 2. The second-order valence-electron chi connectivity index (χ2n) is 7.03. The Balaban J connectivity index is 1.52. The Hall–Kier alpha value is -2.48. The first kappa shape index (κ1) is 24.2. The van der Waals surface area contributed by atoms with Gasteiger partial charge < -0.3 is 14.6 Å². The van der Waals surface area contributed by atoms with Crippen molar-refractivity contribution in [2.45, 2.75) is 31.5 Å². The zero-order chi connectivity index (χ0) is 22.9. The maximum Gasteiger partial charge on any atom is 0.234 e. The van der Waals surface area contributed by atoms with Crippen LogP contribution in [0.5, 0.6) is 5.75 Å². The van der Waals surface area contributed by atoms with Crippen LogP contribution in [0, 0.1) is 6.92 Å². The van der Waals surface area contributed by atoms with Crippen LogP contribution in [0.2, 0.25) is 10.0 Å². The van der Waals surface area contributed by atoms with E-state index < -0.39 is 0 Å². The Morgan fingerprint density at radius 1 is 1.22 bits per heavy atom. The average Bonchev–Trinajstić information content (AvgIpc) is 3.14. The minimum Gasteiger partial charge on any atom is -0.492 e. The minimum atomic E-state index is -0.0956. The molecule has 2 aromatic carbocycles. The number of rotatable bonds is 11. The lowest BCUT2D eigenvalue weighted by Gasteiger charge is -2.10. The molecule has 32 heavy (non-hydrogen) atoms. The third kappa shape index (κ3) is 7.02. The molecule has 0 fully saturated rings. The number of amides is 1. The first-order valence-corrected chi connectivity index (χ1v) is 11.8. The summed E-state index contributed by atoms with van der Waals surface area (Å²) in [5, 5.41) is 13.2. The molecule has 3 aromatic rings. The molecule has 0 atom stereocenters. The van der Waals surface area contributed by atoms with E-state index in [4.69, 9.17) is 27.9 Å². The smallest absolute Gasteiger partial charge is 0.234 e. The summed E-state index contributed by atoms with van der Waals surface area (Å²) in [7, 11) is 0. The minimum absolute atomic E-state index is 0.0956. The standard InChI is InChI=1S/C23H24Cl2N4O2S/c1-3-12-29-21(5-4-13-31-20-11-8-17(24)14-19(20)25)27-28-23(29)32-15-22(30)26-18-9-6-16(2)7-10-18/h3,6-11,14H,1,4-5,12-13,15H2,2H3,(H,26,30). The lowest BCUT2D eigenvalue weighted by molar-refractivity contribution is -0.113. The van der Waals surface area contributed by atoms with Crippen LogP contribution in [0.1, 0.15) is 17.8 Å². The predicted molar refractivity (Wildman–Crippen MR) is 131 cm³/mol. The van der Waals surface area contributed by atoms with Gasteiger partial charge in [0.1, 0.15) is 11.6 Å². The molecule has 0 aliphatic heterocycles. The normalized spacial score (nSPS) is 10.7. The molecule has 0 unspecified atom stereocenters. The van der Waals surface area contributed by atoms with Crippen molar-refractivity contribution in [2.75, 3.05) is 17.7 Å². The number of hydrogen-bond donors (Lipinski definition) is 1. The van der Waals surface area contributed by atoms with Gasteiger partial charge in [-0.15, -0.1) is 16.8 Å². The van der Waals surface area contributed by atoms with E-state index in [0.29, 0.717) is 40.5 Å². The highest BCUT2D eigenvalue weighted by Crippen LogP contribution is 2.27. The fourth-order valence-electron chi connectivity index (χ4n) is 2.89. The molecular weight excluding hydrogens is 467 g/mol. The molecule has 0 aliphatic carbocycles. The number of ether oxygens (including phenoxy) is 1. The van der Waals surface area contributed by atoms with Gasteiger partial charge in [0, 0.05) is 23.7 Å². The largest absolute Gasteiger partial charge is 0.492 e. The number of nitrogens with one attached hydrogen (secondary N) is 1. The van der Waals surface area contributed by atoms with Crippen molar-refractivity contribution < 1.29 is 9.53 Å². The third-order valence-corrected chi connectivity index (χ3v) is 5.97. The Kier molecular flexibility index (Phi) is 9.02. The van der Waals surface area contributed by atoms with E-state index in [1.807, 2.05) is 35.8 Å². The van der Waals surface area contributed by atoms with Gasteiger partial charge in [0.2, 0.25) is 5.91 Å². The molecule has 3 rings (SSSR count). The Morgan fingerprint density at radius 2 is 2.00 bits per heavy atom. The van der Waals surface area contributed by atoms with Crippen LogP contribution in [0.15, 0.2) is 60.3 Å². The van der Waals surface area contributed by atoms with Gasteiger partial charge >= 0.3 is 0 Å². The number of aromatic nitrogens is 3. The van der Waals surface area contributed by atoms with Crippen LogP contribution in [-0.4, -0.2) is 33.0 Å². The van der Waals surface area contributed by atoms with Crippen LogP contribution in [0.3, 0.4) is 0 Å². The summed E-state index contributed by atoms with van der Waals surface area (Å²) in [6.45, 7) is 6.86. The summed E-state index contributed by atoms with van der Waals surface area (Å²) in [4.78, 5) is 12.3. The maximum atomic E-state index is 12.3. The SMILES string of the molecule is C=CCn1c(CCCOc2ccc(Cl)cc2Cl)nnc1SCC(=O)Nc1ccc(C)cc1. The number of carbonyl (C=O) groups is 1. The number of nitrogens with zero attached hydrogens (tertiary/aromatic N) is 3. The van der Waals surface area contributed by atoms with Crippen molar-refractivity contribution in [1.29, 1.82) is 0 Å². The number of allylic oxidation sites excluding steroid dienone is 1. The number of aryl methyl sites for hydroxylation is 2. The molecule has 6 nitrogen and oxygen atoms in total. The quantitative estimate of drug-likeness (QED) is 0.208. The van der Waals surface area contributed by atoms with Crippen molar-refractivity contribution in [1.82, 2.24) is 14.8 Å². The molecule has 0 saturated heterocycles. The number of carbonyl (C=O) groups excluding carboxylic acids is 1. The topological polar surface area (TPSA) is 69.0 Å². The Labute approximate surface area is 202 Å². The molecule has 1 heterocycles. The lowest BCUT2D eigenvalue weighted by Crippen LogP contribution is -2.14. The lowest BCUT2D eigenvalue weighted by atomic mass is 10.2. The molecule has 0 radical (unpaired) electrons. The first-order chi connectivity index (χ1) is 15.5. The van der Waals surface area contributed by atoms with E-state index in [1.54, 1.807) is 24.3 Å². The molecule has 0 saturated carbocycles. The van der Waals surface area contributed by atoms with Gasteiger partial charge in [0.05, 0.1) is 17.4 Å². The van der Waals surface area contributed by atoms with Crippen molar-refractivity contribution >= 4 is 46.6 Å². The predicted octanol–water partition coefficient (Wildman–Crippen LogP) is 5.82. The summed E-state index contributed by atoms with van der Waals surface area (Å²) in [5.74, 6) is 1.56. The highest BCUT2D eigenvalue weighted by Gasteiger charge is 2.14. The summed E-state index contributed by atoms with van der Waals surface area (Å²) in [5.41, 5.74) is 1.92. The van der Waals surface area contributed by atoms with E-state index in [-0.39, 0.29) is 11.7 Å². The molecule has 168 valence electrons. The van der Waals surface area contributed by atoms with E-state index in [0.717, 1.165) is 23.5 Å². The number of benzene rings is 2. The average molecular weight is 491 g/mol. The molecular formula is C23H24Cl2N4O2S. The maximum absolute atomic E-state index is 12.3. The molecule has 1 amide bonds. The third-order valence-electron chi connectivity index (χ3n) is 4.47. The zero-order valence-corrected chi connectivity index (χ0v) is 20.0. The van der Waals surface area contributed by atoms with Crippen molar-refractivity contribution in [3.8, 4) is 5.75 Å². The zero-order valence-electron chi connectivity index (χ0n) is 17.7. The monoisotopic (exact) mass is 490 g/mol. The second kappa shape index (κ2) is 11.9. The van der Waals surface area contributed by atoms with Crippen molar-refractivity contribution in [3.05, 3.63) is 76.6 Å². The molecule has 9 heteroatoms. The van der Waals surface area contributed by atoms with E-state index >= 15 is 0 Å². The van der Waals surface area contributed by atoms with E-state index in [1.165, 1.54) is 11.8 Å². The first-order valence-electron chi connectivity index (χ1n) is 10.1. The number of anilines is 1. The van der Waals surface area contributed by atoms with Crippen LogP contribution < -0.4 is 10.1 Å². The molecule has 0 aliphatic rings. The number of hydrogen-bond acceptors (Lipinski definition) is 5. The van der Waals surface area contributed by atoms with Crippen molar-refractivity contribution in [3.63, 3.8) is 0 Å². The highest BCUT2D eigenvalue weighted by molar-refractivity contribution is 7.99. The summed E-state index contributed by atoms with van der Waals surface area (Å²) in [6, 6.07) is 12.8. The summed E-state index contributed by atoms with van der Waals surface area (Å²) in [6.07, 6.45) is 3.18. The van der Waals surface area contributed by atoms with Gasteiger partial charge in [-0.25, -0.2) is 0 Å². The van der Waals surface area contributed by atoms with Crippen molar-refractivity contribution in [2.24, 2.45) is 0 Å². The fourth-order valence-corrected chi connectivity index (χ4v) is 4.12. The van der Waals surface area contributed by atoms with Crippen LogP contribution >= 0.6 is 35.0 Å². The second-order valence-corrected chi connectivity index (χ2v) is 8.81. The van der Waals surface area contributed by atoms with Crippen LogP contribution in [-0.2, 0) is 17.8 Å². The highest BCUT2D eigenvalue weighted by atomic mass is 35.5. The molecule has 0 spiro atoms. The van der Waals surface area contributed by atoms with Crippen LogP contribution in [0.25, 0.3) is 0 Å². The fraction of sp³-hybridized carbons (Fsp3) is 0.261. The Morgan fingerprint density at radius 3 is 2.72 bits per heavy atom. The van der Waals surface area contributed by atoms with Gasteiger partial charge in [0.15, 0.2) is 5.16 Å². The van der Waals surface area contributed by atoms with Gasteiger partial charge in [-0.1, -0.05) is 58.7 Å².